The molecule has 9 heteroatoms. The molecular weight excluding hydrogens is 490 g/mol. The number of amides is 1. The van der Waals surface area contributed by atoms with E-state index in [1.165, 1.54) is 10.4 Å². The smallest absolute Gasteiger partial charge is 0.247 e. The number of hydrogen-bond donors (Lipinski definition) is 1. The molecule has 1 aromatic carbocycles. The average molecular weight is 528 g/mol. The normalized spacial score (nSPS) is 20.0. The third-order valence-corrected chi connectivity index (χ3v) is 8.37. The molecule has 0 spiro atoms. The maximum atomic E-state index is 13.6. The Balaban J connectivity index is 1.95. The molecule has 0 bridgehead atoms. The molecule has 0 saturated carbocycles. The summed E-state index contributed by atoms with van der Waals surface area (Å²) in [5.74, 6) is 6.47. The zero-order chi connectivity index (χ0) is 27.2. The predicted octanol–water partition coefficient (Wildman–Crippen LogP) is 2.95. The molecule has 3 atom stereocenters. The standard InChI is InChI=1S/C28H37N3O5S/c1-20(2)9-8-10-23-12-13-27-25(15-23)36-26(21(3)17-31(22(4)19-32)37(27,34)35)18-30(5)28(33)16-24-11-6-7-14-29-24/h6-7,11-15,20-22,26,32H,9,16-19H2,1-5H3/t21-,22-,26+/m0/s1. The number of fused-ring (bicyclic) bond motifs is 1. The first-order valence-corrected chi connectivity index (χ1v) is 14.0. The van der Waals surface area contributed by atoms with Crippen LogP contribution in [0.25, 0.3) is 0 Å². The van der Waals surface area contributed by atoms with Crippen molar-refractivity contribution in [1.29, 1.82) is 0 Å². The minimum Gasteiger partial charge on any atom is -0.487 e. The van der Waals surface area contributed by atoms with Crippen LogP contribution in [0, 0.1) is 23.7 Å². The lowest BCUT2D eigenvalue weighted by atomic mass is 10.0. The number of likely N-dealkylation sites (N-methyl/N-ethyl adjacent to an activating group) is 1. The second-order valence-corrected chi connectivity index (χ2v) is 11.9. The quantitative estimate of drug-likeness (QED) is 0.556. The van der Waals surface area contributed by atoms with Crippen LogP contribution in [0.4, 0.5) is 0 Å². The van der Waals surface area contributed by atoms with Crippen LogP contribution in [-0.2, 0) is 21.2 Å². The number of pyridine rings is 1. The molecule has 1 aliphatic heterocycles. The van der Waals surface area contributed by atoms with E-state index >= 15 is 0 Å². The van der Waals surface area contributed by atoms with Crippen molar-refractivity contribution in [3.05, 3.63) is 53.9 Å². The fourth-order valence-corrected chi connectivity index (χ4v) is 5.87. The van der Waals surface area contributed by atoms with Crippen molar-refractivity contribution in [2.24, 2.45) is 11.8 Å². The molecule has 1 N–H and O–H groups in total. The Morgan fingerprint density at radius 1 is 1.27 bits per heavy atom. The Morgan fingerprint density at radius 3 is 2.68 bits per heavy atom. The molecule has 0 fully saturated rings. The topological polar surface area (TPSA) is 100 Å². The van der Waals surface area contributed by atoms with Gasteiger partial charge in [-0.05, 0) is 43.2 Å². The lowest BCUT2D eigenvalue weighted by Gasteiger charge is -2.37. The van der Waals surface area contributed by atoms with Crippen LogP contribution in [-0.4, -0.2) is 72.5 Å². The molecule has 1 aliphatic rings. The zero-order valence-electron chi connectivity index (χ0n) is 22.2. The van der Waals surface area contributed by atoms with Crippen LogP contribution >= 0.6 is 0 Å². The van der Waals surface area contributed by atoms with E-state index in [1.807, 2.05) is 13.0 Å². The van der Waals surface area contributed by atoms with E-state index in [0.29, 0.717) is 17.2 Å². The Morgan fingerprint density at radius 2 is 2.03 bits per heavy atom. The number of rotatable bonds is 7. The number of benzene rings is 1. The molecule has 200 valence electrons. The van der Waals surface area contributed by atoms with Gasteiger partial charge in [0, 0.05) is 49.4 Å². The summed E-state index contributed by atoms with van der Waals surface area (Å²) < 4.78 is 34.9. The van der Waals surface area contributed by atoms with Crippen LogP contribution in [0.15, 0.2) is 47.5 Å². The first kappa shape index (κ1) is 28.6. The van der Waals surface area contributed by atoms with Gasteiger partial charge >= 0.3 is 0 Å². The number of aromatic nitrogens is 1. The largest absolute Gasteiger partial charge is 0.487 e. The maximum absolute atomic E-state index is 13.6. The highest BCUT2D eigenvalue weighted by Crippen LogP contribution is 2.34. The van der Waals surface area contributed by atoms with E-state index in [9.17, 15) is 18.3 Å². The highest BCUT2D eigenvalue weighted by atomic mass is 32.2. The molecule has 0 unspecified atom stereocenters. The minimum atomic E-state index is -3.94. The van der Waals surface area contributed by atoms with Crippen molar-refractivity contribution < 1.29 is 23.1 Å². The van der Waals surface area contributed by atoms with Crippen LogP contribution < -0.4 is 4.74 Å². The summed E-state index contributed by atoms with van der Waals surface area (Å²) in [6.07, 6.45) is 2.05. The van der Waals surface area contributed by atoms with Gasteiger partial charge in [0.1, 0.15) is 16.7 Å². The number of ether oxygens (including phenoxy) is 1. The SMILES string of the molecule is CC(C)CC#Cc1ccc2c(c1)O[C@H](CN(C)C(=O)Cc1ccccn1)[C@@H](C)CN([C@@H](C)CO)S2(=O)=O. The van der Waals surface area contributed by atoms with E-state index in [2.05, 4.69) is 30.7 Å². The van der Waals surface area contributed by atoms with Gasteiger partial charge in [-0.25, -0.2) is 8.42 Å². The maximum Gasteiger partial charge on any atom is 0.247 e. The molecule has 37 heavy (non-hydrogen) atoms. The van der Waals surface area contributed by atoms with Crippen LogP contribution in [0.1, 0.15) is 45.4 Å². The summed E-state index contributed by atoms with van der Waals surface area (Å²) in [6.45, 7) is 7.83. The van der Waals surface area contributed by atoms with E-state index in [-0.39, 0.29) is 48.6 Å². The first-order valence-electron chi connectivity index (χ1n) is 12.6. The summed E-state index contributed by atoms with van der Waals surface area (Å²) in [4.78, 5) is 18.8. The molecular formula is C28H37N3O5S. The van der Waals surface area contributed by atoms with Crippen LogP contribution in [0.3, 0.4) is 0 Å². The molecule has 2 heterocycles. The third-order valence-electron chi connectivity index (χ3n) is 6.35. The van der Waals surface area contributed by atoms with Crippen molar-refractivity contribution in [3.8, 4) is 17.6 Å². The summed E-state index contributed by atoms with van der Waals surface area (Å²) in [7, 11) is -2.23. The van der Waals surface area contributed by atoms with Gasteiger partial charge in [-0.15, -0.1) is 0 Å². The summed E-state index contributed by atoms with van der Waals surface area (Å²) in [5.41, 5.74) is 1.33. The highest BCUT2D eigenvalue weighted by Gasteiger charge is 2.38. The number of sulfonamides is 1. The number of hydrogen-bond acceptors (Lipinski definition) is 6. The lowest BCUT2D eigenvalue weighted by molar-refractivity contribution is -0.130. The van der Waals surface area contributed by atoms with Crippen molar-refractivity contribution >= 4 is 15.9 Å². The third kappa shape index (κ3) is 7.31. The van der Waals surface area contributed by atoms with Crippen LogP contribution in [0.5, 0.6) is 5.75 Å². The van der Waals surface area contributed by atoms with Crippen LogP contribution in [0.2, 0.25) is 0 Å². The van der Waals surface area contributed by atoms with Gasteiger partial charge in [0.25, 0.3) is 0 Å². The molecule has 8 nitrogen and oxygen atoms in total. The van der Waals surface area contributed by atoms with E-state index in [0.717, 1.165) is 6.42 Å². The Bertz CT molecular complexity index is 1240. The Labute approximate surface area is 220 Å². The van der Waals surface area contributed by atoms with Gasteiger partial charge < -0.3 is 14.7 Å². The molecule has 2 aromatic rings. The molecule has 1 aromatic heterocycles. The van der Waals surface area contributed by atoms with Gasteiger partial charge in [-0.2, -0.15) is 4.31 Å². The molecule has 0 aliphatic carbocycles. The number of carbonyl (C=O) groups excluding carboxylic acids is 1. The van der Waals surface area contributed by atoms with Gasteiger partial charge in [-0.1, -0.05) is 38.7 Å². The van der Waals surface area contributed by atoms with E-state index in [1.54, 1.807) is 49.3 Å². The van der Waals surface area contributed by atoms with Crippen molar-refractivity contribution in [2.75, 3.05) is 26.7 Å². The highest BCUT2D eigenvalue weighted by molar-refractivity contribution is 7.89. The Kier molecular flexibility index (Phi) is 9.71. The second-order valence-electron chi connectivity index (χ2n) is 10.1. The minimum absolute atomic E-state index is 0.0292. The number of nitrogens with zero attached hydrogens (tertiary/aromatic N) is 3. The summed E-state index contributed by atoms with van der Waals surface area (Å²) in [6, 6.07) is 9.68. The lowest BCUT2D eigenvalue weighted by Crippen LogP contribution is -2.50. The van der Waals surface area contributed by atoms with E-state index < -0.39 is 22.2 Å². The van der Waals surface area contributed by atoms with Crippen molar-refractivity contribution in [3.63, 3.8) is 0 Å². The van der Waals surface area contributed by atoms with Gasteiger partial charge in [0.2, 0.25) is 15.9 Å². The number of aliphatic hydroxyl groups excluding tert-OH is 1. The zero-order valence-corrected chi connectivity index (χ0v) is 23.0. The summed E-state index contributed by atoms with van der Waals surface area (Å²) >= 11 is 0. The second kappa shape index (κ2) is 12.5. The monoisotopic (exact) mass is 527 g/mol. The fraction of sp³-hybridized carbons (Fsp3) is 0.500. The number of aliphatic hydroxyl groups is 1. The fourth-order valence-electron chi connectivity index (χ4n) is 4.04. The molecule has 1 amide bonds. The van der Waals surface area contributed by atoms with Gasteiger partial charge in [0.15, 0.2) is 0 Å². The van der Waals surface area contributed by atoms with Gasteiger partial charge in [-0.3, -0.25) is 9.78 Å². The first-order chi connectivity index (χ1) is 17.5. The van der Waals surface area contributed by atoms with Crippen molar-refractivity contribution in [1.82, 2.24) is 14.2 Å². The van der Waals surface area contributed by atoms with E-state index in [4.69, 9.17) is 4.74 Å². The van der Waals surface area contributed by atoms with Gasteiger partial charge in [0.05, 0.1) is 19.6 Å². The average Bonchev–Trinajstić information content (AvgIpc) is 2.86. The molecule has 3 rings (SSSR count). The predicted molar refractivity (Wildman–Crippen MR) is 142 cm³/mol. The molecule has 0 radical (unpaired) electrons. The molecule has 0 saturated heterocycles. The van der Waals surface area contributed by atoms with Crippen molar-refractivity contribution in [2.45, 2.75) is 57.6 Å². The summed E-state index contributed by atoms with van der Waals surface area (Å²) in [5, 5.41) is 9.81. The Hall–Kier alpha value is -2.93. The number of carbonyl (C=O) groups is 1.